The maximum atomic E-state index is 11.0. The monoisotopic (exact) mass is 333 g/mol. The van der Waals surface area contributed by atoms with Crippen molar-refractivity contribution < 1.29 is 32.5 Å². The van der Waals surface area contributed by atoms with Crippen molar-refractivity contribution in [1.82, 2.24) is 0 Å². The van der Waals surface area contributed by atoms with Gasteiger partial charge in [-0.15, -0.1) is 0 Å². The molecule has 0 unspecified atom stereocenters. The Kier molecular flexibility index (Phi) is 11.6. The lowest BCUT2D eigenvalue weighted by molar-refractivity contribution is -0.147. The van der Waals surface area contributed by atoms with Gasteiger partial charge in [-0.05, 0) is 12.5 Å². The molecule has 0 saturated carbocycles. The summed E-state index contributed by atoms with van der Waals surface area (Å²) in [5.74, 6) is -2.37. The van der Waals surface area contributed by atoms with Crippen LogP contribution in [0.4, 0.5) is 0 Å². The number of carbonyl (C=O) groups excluding carboxylic acids is 4. The van der Waals surface area contributed by atoms with Crippen LogP contribution in [-0.2, 0) is 32.5 Å². The van der Waals surface area contributed by atoms with E-state index in [-0.39, 0.29) is 6.04 Å². The third-order valence-electron chi connectivity index (χ3n) is 1.94. The summed E-state index contributed by atoms with van der Waals surface area (Å²) in [6, 6.07) is 0.252. The summed E-state index contributed by atoms with van der Waals surface area (Å²) in [6.07, 6.45) is 2.50. The van der Waals surface area contributed by atoms with Gasteiger partial charge in [-0.3, -0.25) is 19.2 Å². The molecule has 126 valence electrons. The van der Waals surface area contributed by atoms with E-state index in [9.17, 15) is 19.2 Å². The fraction of sp³-hybridized carbons (Fsp3) is 0.538. The van der Waals surface area contributed by atoms with Crippen LogP contribution in [0.3, 0.4) is 0 Å². The first-order chi connectivity index (χ1) is 10.1. The van der Waals surface area contributed by atoms with E-state index in [0.717, 1.165) is 12.5 Å². The van der Waals surface area contributed by atoms with Gasteiger partial charge in [-0.25, -0.2) is 0 Å². The van der Waals surface area contributed by atoms with Crippen molar-refractivity contribution in [3.63, 3.8) is 0 Å². The van der Waals surface area contributed by atoms with Gasteiger partial charge in [0, 0.05) is 20.8 Å². The number of hydrogen-bond donors (Lipinski definition) is 1. The molecule has 22 heavy (non-hydrogen) atoms. The van der Waals surface area contributed by atoms with Crippen molar-refractivity contribution in [1.29, 1.82) is 0 Å². The molecule has 0 aliphatic rings. The molecule has 0 bridgehead atoms. The second kappa shape index (κ2) is 11.5. The Bertz CT molecular complexity index is 382. The zero-order valence-electron chi connectivity index (χ0n) is 13.3. The summed E-state index contributed by atoms with van der Waals surface area (Å²) in [7, 11) is -3.55. The van der Waals surface area contributed by atoms with Gasteiger partial charge in [-0.1, -0.05) is 19.9 Å². The van der Waals surface area contributed by atoms with E-state index >= 15 is 0 Å². The Morgan fingerprint density at radius 3 is 1.50 bits per heavy atom. The SMILES string of the molecule is C=CC(N)=O.CCCC[Si](OC(C)=O)(OC(C)=O)OC(C)=O. The van der Waals surface area contributed by atoms with Crippen molar-refractivity contribution in [3.05, 3.63) is 12.7 Å². The lowest BCUT2D eigenvalue weighted by Gasteiger charge is -2.25. The molecule has 0 aromatic carbocycles. The molecular weight excluding hydrogens is 310 g/mol. The van der Waals surface area contributed by atoms with Crippen molar-refractivity contribution >= 4 is 32.6 Å². The van der Waals surface area contributed by atoms with E-state index in [2.05, 4.69) is 12.3 Å². The van der Waals surface area contributed by atoms with Gasteiger partial charge < -0.3 is 19.0 Å². The average Bonchev–Trinajstić information content (AvgIpc) is 2.34. The number of hydrogen-bond acceptors (Lipinski definition) is 7. The highest BCUT2D eigenvalue weighted by molar-refractivity contribution is 6.65. The van der Waals surface area contributed by atoms with Crippen molar-refractivity contribution in [3.8, 4) is 0 Å². The van der Waals surface area contributed by atoms with Gasteiger partial charge in [0.15, 0.2) is 0 Å². The topological polar surface area (TPSA) is 122 Å². The molecule has 1 amide bonds. The van der Waals surface area contributed by atoms with E-state index in [1.807, 2.05) is 6.92 Å². The van der Waals surface area contributed by atoms with Crippen LogP contribution < -0.4 is 5.73 Å². The number of unbranched alkanes of at least 4 members (excludes halogenated alkanes) is 1. The van der Waals surface area contributed by atoms with Gasteiger partial charge in [-0.2, -0.15) is 0 Å². The molecule has 0 rings (SSSR count). The Morgan fingerprint density at radius 1 is 1.00 bits per heavy atom. The van der Waals surface area contributed by atoms with Crippen molar-refractivity contribution in [2.45, 2.75) is 46.6 Å². The molecule has 0 spiro atoms. The summed E-state index contributed by atoms with van der Waals surface area (Å²) < 4.78 is 14.9. The predicted molar refractivity (Wildman–Crippen MR) is 80.2 cm³/mol. The molecule has 0 aromatic rings. The minimum Gasteiger partial charge on any atom is -0.455 e. The molecule has 8 nitrogen and oxygen atoms in total. The zero-order valence-corrected chi connectivity index (χ0v) is 14.3. The number of nitrogens with two attached hydrogens (primary N) is 1. The van der Waals surface area contributed by atoms with E-state index in [0.29, 0.717) is 6.42 Å². The highest BCUT2D eigenvalue weighted by Gasteiger charge is 2.50. The van der Waals surface area contributed by atoms with Crippen molar-refractivity contribution in [2.75, 3.05) is 0 Å². The Labute approximate surface area is 131 Å². The van der Waals surface area contributed by atoms with Crippen molar-refractivity contribution in [2.24, 2.45) is 5.73 Å². The van der Waals surface area contributed by atoms with Crippen LogP contribution in [0.5, 0.6) is 0 Å². The molecule has 0 heterocycles. The largest absolute Gasteiger partial charge is 0.705 e. The molecule has 0 radical (unpaired) electrons. The first kappa shape index (κ1) is 22.1. The van der Waals surface area contributed by atoms with Crippen LogP contribution in [0, 0.1) is 0 Å². The third kappa shape index (κ3) is 12.8. The molecule has 0 aliphatic heterocycles. The van der Waals surface area contributed by atoms with Crippen LogP contribution in [0.15, 0.2) is 12.7 Å². The lowest BCUT2D eigenvalue weighted by atomic mass is 10.4. The number of primary amides is 1. The quantitative estimate of drug-likeness (QED) is 0.546. The molecule has 0 aromatic heterocycles. The van der Waals surface area contributed by atoms with Crippen LogP contribution in [0.25, 0.3) is 0 Å². The first-order valence-corrected chi connectivity index (χ1v) is 8.52. The molecule has 0 saturated heterocycles. The predicted octanol–water partition coefficient (Wildman–Crippen LogP) is 1.07. The minimum absolute atomic E-state index is 0.252. The fourth-order valence-corrected chi connectivity index (χ4v) is 3.80. The minimum atomic E-state index is -3.55. The molecule has 0 atom stereocenters. The standard InChI is InChI=1S/C10H18O6Si.C3H5NO/c1-5-6-7-17(14-8(2)11,15-9(3)12)16-10(4)13;1-2-3(4)5/h5-7H2,1-4H3;2H,1H2,(H2,4,5). The van der Waals surface area contributed by atoms with Crippen LogP contribution >= 0.6 is 0 Å². The highest BCUT2D eigenvalue weighted by atomic mass is 28.4. The Hall–Kier alpha value is -2.16. The third-order valence-corrected chi connectivity index (χ3v) is 4.70. The molecular formula is C13H23NO7Si. The summed E-state index contributed by atoms with van der Waals surface area (Å²) in [4.78, 5) is 42.5. The molecule has 0 aliphatic carbocycles. The summed E-state index contributed by atoms with van der Waals surface area (Å²) in [5.41, 5.74) is 4.53. The van der Waals surface area contributed by atoms with E-state index < -0.39 is 32.6 Å². The van der Waals surface area contributed by atoms with Gasteiger partial charge in [0.1, 0.15) is 0 Å². The van der Waals surface area contributed by atoms with Crippen LogP contribution in [0.2, 0.25) is 6.04 Å². The van der Waals surface area contributed by atoms with E-state index in [1.165, 1.54) is 20.8 Å². The smallest absolute Gasteiger partial charge is 0.455 e. The molecule has 9 heteroatoms. The molecule has 0 fully saturated rings. The second-order valence-corrected chi connectivity index (χ2v) is 6.65. The van der Waals surface area contributed by atoms with Crippen LogP contribution in [-0.4, -0.2) is 32.6 Å². The van der Waals surface area contributed by atoms with E-state index in [1.54, 1.807) is 0 Å². The average molecular weight is 333 g/mol. The summed E-state index contributed by atoms with van der Waals surface area (Å²) in [6.45, 7) is 8.55. The summed E-state index contributed by atoms with van der Waals surface area (Å²) >= 11 is 0. The Balaban J connectivity index is 0. The maximum absolute atomic E-state index is 11.0. The maximum Gasteiger partial charge on any atom is 0.705 e. The highest BCUT2D eigenvalue weighted by Crippen LogP contribution is 2.20. The number of rotatable bonds is 7. The summed E-state index contributed by atoms with van der Waals surface area (Å²) in [5, 5.41) is 0. The number of carbonyl (C=O) groups is 4. The lowest BCUT2D eigenvalue weighted by Crippen LogP contribution is -2.49. The first-order valence-electron chi connectivity index (χ1n) is 6.59. The van der Waals surface area contributed by atoms with Gasteiger partial charge in [0.2, 0.25) is 5.91 Å². The molecule has 2 N–H and O–H groups in total. The normalized spacial score (nSPS) is 9.64. The second-order valence-electron chi connectivity index (χ2n) is 4.17. The van der Waals surface area contributed by atoms with Crippen LogP contribution in [0.1, 0.15) is 40.5 Å². The van der Waals surface area contributed by atoms with Gasteiger partial charge in [0.05, 0.1) is 6.04 Å². The fourth-order valence-electron chi connectivity index (χ4n) is 1.27. The van der Waals surface area contributed by atoms with E-state index in [4.69, 9.17) is 13.3 Å². The Morgan fingerprint density at radius 2 is 1.32 bits per heavy atom. The van der Waals surface area contributed by atoms with Gasteiger partial charge >= 0.3 is 8.80 Å². The zero-order chi connectivity index (χ0) is 17.8. The number of amides is 1. The van der Waals surface area contributed by atoms with Gasteiger partial charge in [0.25, 0.3) is 17.9 Å².